The number of hydrogen-bond acceptors (Lipinski definition) is 2. The van der Waals surface area contributed by atoms with Gasteiger partial charge in [-0.05, 0) is 23.8 Å². The first-order valence-electron chi connectivity index (χ1n) is 4.21. The Morgan fingerprint density at radius 1 is 1.50 bits per heavy atom. The highest BCUT2D eigenvalue weighted by molar-refractivity contribution is 6.32. The molecule has 1 aromatic rings. The summed E-state index contributed by atoms with van der Waals surface area (Å²) >= 11 is 5.94. The standard InChI is InChI=1S/C11H11ClO2/c1-14-10-5-6-11(12)9(8-10)4-2-3-7-13/h2,4-8H,3H2,1H3. The van der Waals surface area contributed by atoms with Gasteiger partial charge in [0, 0.05) is 11.4 Å². The number of rotatable bonds is 4. The third-order valence-electron chi connectivity index (χ3n) is 1.73. The van der Waals surface area contributed by atoms with Crippen LogP contribution in [0.3, 0.4) is 0 Å². The second-order valence-electron chi connectivity index (χ2n) is 2.69. The first-order valence-corrected chi connectivity index (χ1v) is 4.59. The van der Waals surface area contributed by atoms with Crippen molar-refractivity contribution < 1.29 is 9.53 Å². The van der Waals surface area contributed by atoms with E-state index in [2.05, 4.69) is 0 Å². The lowest BCUT2D eigenvalue weighted by Crippen LogP contribution is -1.83. The number of halogens is 1. The van der Waals surface area contributed by atoms with Crippen molar-refractivity contribution in [1.82, 2.24) is 0 Å². The van der Waals surface area contributed by atoms with Crippen LogP contribution in [-0.2, 0) is 4.79 Å². The van der Waals surface area contributed by atoms with E-state index in [0.29, 0.717) is 11.4 Å². The van der Waals surface area contributed by atoms with Crippen LogP contribution < -0.4 is 4.74 Å². The number of benzene rings is 1. The van der Waals surface area contributed by atoms with Gasteiger partial charge >= 0.3 is 0 Å². The van der Waals surface area contributed by atoms with Crippen molar-refractivity contribution in [3.8, 4) is 5.75 Å². The number of methoxy groups -OCH3 is 1. The zero-order valence-corrected chi connectivity index (χ0v) is 8.62. The van der Waals surface area contributed by atoms with Gasteiger partial charge < -0.3 is 9.53 Å². The highest BCUT2D eigenvalue weighted by atomic mass is 35.5. The van der Waals surface area contributed by atoms with Crippen LogP contribution in [-0.4, -0.2) is 13.4 Å². The molecule has 0 radical (unpaired) electrons. The first kappa shape index (κ1) is 10.8. The highest BCUT2D eigenvalue weighted by Crippen LogP contribution is 2.22. The summed E-state index contributed by atoms with van der Waals surface area (Å²) < 4.78 is 5.05. The van der Waals surface area contributed by atoms with Crippen molar-refractivity contribution in [1.29, 1.82) is 0 Å². The van der Waals surface area contributed by atoms with E-state index in [1.54, 1.807) is 31.4 Å². The van der Waals surface area contributed by atoms with Crippen molar-refractivity contribution in [2.45, 2.75) is 6.42 Å². The summed E-state index contributed by atoms with van der Waals surface area (Å²) in [6.07, 6.45) is 4.80. The van der Waals surface area contributed by atoms with E-state index in [-0.39, 0.29) is 0 Å². The number of ether oxygens (including phenoxy) is 1. The first-order chi connectivity index (χ1) is 6.77. The topological polar surface area (TPSA) is 26.3 Å². The normalized spacial score (nSPS) is 10.4. The molecule has 0 heterocycles. The smallest absolute Gasteiger partial charge is 0.123 e. The Kier molecular flexibility index (Phi) is 4.20. The molecule has 74 valence electrons. The Balaban J connectivity index is 2.88. The minimum atomic E-state index is 0.396. The van der Waals surface area contributed by atoms with Gasteiger partial charge in [-0.25, -0.2) is 0 Å². The van der Waals surface area contributed by atoms with Crippen LogP contribution in [0, 0.1) is 0 Å². The molecule has 0 bridgehead atoms. The minimum absolute atomic E-state index is 0.396. The molecule has 1 rings (SSSR count). The number of allylic oxidation sites excluding steroid dienone is 1. The molecule has 0 aliphatic rings. The van der Waals surface area contributed by atoms with E-state index in [9.17, 15) is 4.79 Å². The van der Waals surface area contributed by atoms with Crippen LogP contribution in [0.5, 0.6) is 5.75 Å². The molecule has 0 N–H and O–H groups in total. The summed E-state index contributed by atoms with van der Waals surface area (Å²) in [7, 11) is 1.60. The van der Waals surface area contributed by atoms with Gasteiger partial charge in [-0.15, -0.1) is 0 Å². The van der Waals surface area contributed by atoms with Crippen molar-refractivity contribution in [3.05, 3.63) is 34.9 Å². The Morgan fingerprint density at radius 3 is 2.93 bits per heavy atom. The highest BCUT2D eigenvalue weighted by Gasteiger charge is 1.98. The maximum atomic E-state index is 10.1. The summed E-state index contributed by atoms with van der Waals surface area (Å²) in [6.45, 7) is 0. The van der Waals surface area contributed by atoms with E-state index in [4.69, 9.17) is 16.3 Å². The van der Waals surface area contributed by atoms with E-state index in [1.807, 2.05) is 6.07 Å². The monoisotopic (exact) mass is 210 g/mol. The van der Waals surface area contributed by atoms with Gasteiger partial charge in [0.25, 0.3) is 0 Å². The fourth-order valence-electron chi connectivity index (χ4n) is 1.03. The molecule has 0 unspecified atom stereocenters. The summed E-state index contributed by atoms with van der Waals surface area (Å²) in [5.41, 5.74) is 0.855. The fourth-order valence-corrected chi connectivity index (χ4v) is 1.21. The summed E-state index contributed by atoms with van der Waals surface area (Å²) in [5, 5.41) is 0.646. The maximum Gasteiger partial charge on any atom is 0.123 e. The number of hydrogen-bond donors (Lipinski definition) is 0. The average Bonchev–Trinajstić information content (AvgIpc) is 2.21. The molecule has 0 amide bonds. The lowest BCUT2D eigenvalue weighted by Gasteiger charge is -2.02. The van der Waals surface area contributed by atoms with Crippen molar-refractivity contribution in [2.24, 2.45) is 0 Å². The molecule has 0 atom stereocenters. The molecule has 3 heteroatoms. The molecule has 14 heavy (non-hydrogen) atoms. The molecule has 0 saturated carbocycles. The molecule has 2 nitrogen and oxygen atoms in total. The van der Waals surface area contributed by atoms with E-state index < -0.39 is 0 Å². The van der Waals surface area contributed by atoms with E-state index in [1.165, 1.54) is 0 Å². The van der Waals surface area contributed by atoms with Crippen LogP contribution in [0.25, 0.3) is 6.08 Å². The zero-order valence-electron chi connectivity index (χ0n) is 7.87. The Morgan fingerprint density at radius 2 is 2.29 bits per heavy atom. The molecular formula is C11H11ClO2. The summed E-state index contributed by atoms with van der Waals surface area (Å²) in [5.74, 6) is 0.750. The van der Waals surface area contributed by atoms with Gasteiger partial charge in [0.15, 0.2) is 0 Å². The second kappa shape index (κ2) is 5.45. The molecule has 0 aliphatic carbocycles. The third-order valence-corrected chi connectivity index (χ3v) is 2.08. The summed E-state index contributed by atoms with van der Waals surface area (Å²) in [4.78, 5) is 10.1. The van der Waals surface area contributed by atoms with Gasteiger partial charge in [-0.2, -0.15) is 0 Å². The fraction of sp³-hybridized carbons (Fsp3) is 0.182. The van der Waals surface area contributed by atoms with Crippen molar-refractivity contribution in [2.75, 3.05) is 7.11 Å². The second-order valence-corrected chi connectivity index (χ2v) is 3.10. The number of aldehydes is 1. The lowest BCUT2D eigenvalue weighted by atomic mass is 10.2. The quantitative estimate of drug-likeness (QED) is 0.715. The predicted octanol–water partition coefficient (Wildman–Crippen LogP) is 2.95. The molecule has 0 fully saturated rings. The zero-order chi connectivity index (χ0) is 10.4. The lowest BCUT2D eigenvalue weighted by molar-refractivity contribution is -0.107. The van der Waals surface area contributed by atoms with Gasteiger partial charge in [0.1, 0.15) is 12.0 Å². The van der Waals surface area contributed by atoms with Gasteiger partial charge in [0.05, 0.1) is 7.11 Å². The molecule has 0 aromatic heterocycles. The van der Waals surface area contributed by atoms with Gasteiger partial charge in [0.2, 0.25) is 0 Å². The SMILES string of the molecule is COc1ccc(Cl)c(C=CCC=O)c1. The van der Waals surface area contributed by atoms with Crippen LogP contribution in [0.15, 0.2) is 24.3 Å². The molecule has 1 aromatic carbocycles. The van der Waals surface area contributed by atoms with Crippen LogP contribution >= 0.6 is 11.6 Å². The van der Waals surface area contributed by atoms with Crippen LogP contribution in [0.2, 0.25) is 5.02 Å². The van der Waals surface area contributed by atoms with Gasteiger partial charge in [-0.3, -0.25) is 0 Å². The summed E-state index contributed by atoms with van der Waals surface area (Å²) in [6, 6.07) is 5.38. The average molecular weight is 211 g/mol. The molecule has 0 aliphatic heterocycles. The van der Waals surface area contributed by atoms with Crippen molar-refractivity contribution >= 4 is 24.0 Å². The Hall–Kier alpha value is -1.28. The van der Waals surface area contributed by atoms with E-state index in [0.717, 1.165) is 17.6 Å². The molecule has 0 saturated heterocycles. The van der Waals surface area contributed by atoms with Crippen molar-refractivity contribution in [3.63, 3.8) is 0 Å². The predicted molar refractivity (Wildman–Crippen MR) is 57.7 cm³/mol. The number of carbonyl (C=O) groups excluding carboxylic acids is 1. The maximum absolute atomic E-state index is 10.1. The molecule has 0 spiro atoms. The van der Waals surface area contributed by atoms with E-state index >= 15 is 0 Å². The Bertz CT molecular complexity index is 345. The molecular weight excluding hydrogens is 200 g/mol. The largest absolute Gasteiger partial charge is 0.497 e. The Labute approximate surface area is 88.1 Å². The number of carbonyl (C=O) groups is 1. The minimum Gasteiger partial charge on any atom is -0.497 e. The van der Waals surface area contributed by atoms with Gasteiger partial charge in [-0.1, -0.05) is 23.8 Å². The third kappa shape index (κ3) is 2.89. The van der Waals surface area contributed by atoms with Crippen LogP contribution in [0.4, 0.5) is 0 Å². The van der Waals surface area contributed by atoms with Crippen LogP contribution in [0.1, 0.15) is 12.0 Å².